The van der Waals surface area contributed by atoms with Crippen molar-refractivity contribution in [2.45, 2.75) is 25.8 Å². The van der Waals surface area contributed by atoms with Gasteiger partial charge in [-0.15, -0.1) is 0 Å². The zero-order valence-corrected chi connectivity index (χ0v) is 19.1. The van der Waals surface area contributed by atoms with E-state index in [2.05, 4.69) is 35.3 Å². The summed E-state index contributed by atoms with van der Waals surface area (Å²) in [6.45, 7) is 0.392. The number of halogens is 6. The number of hydrogen-bond acceptors (Lipinski definition) is 7. The minimum atomic E-state index is -4.65. The Morgan fingerprint density at radius 1 is 0.919 bits per heavy atom. The van der Waals surface area contributed by atoms with Gasteiger partial charge in [0.2, 0.25) is 11.9 Å². The molecule has 2 aromatic carbocycles. The number of nitrogens with zero attached hydrogens (tertiary/aromatic N) is 5. The fraction of sp³-hybridized carbons (Fsp3) is 0.217. The fourth-order valence-electron chi connectivity index (χ4n) is 3.21. The molecule has 8 nitrogen and oxygen atoms in total. The number of anilines is 3. The van der Waals surface area contributed by atoms with Gasteiger partial charge in [0.15, 0.2) is 6.61 Å². The first-order valence-electron chi connectivity index (χ1n) is 10.7. The molecule has 0 bridgehead atoms. The number of nitrogens with one attached hydrogen (secondary N) is 2. The van der Waals surface area contributed by atoms with Gasteiger partial charge in [-0.05, 0) is 42.8 Å². The number of hydrogen-bond donors (Lipinski definition) is 2. The highest BCUT2D eigenvalue weighted by atomic mass is 19.4. The van der Waals surface area contributed by atoms with Crippen molar-refractivity contribution in [2.24, 2.45) is 0 Å². The third kappa shape index (κ3) is 7.08. The molecule has 4 aromatic rings. The monoisotopic (exact) mass is 523 g/mol. The second-order valence-corrected chi connectivity index (χ2v) is 7.74. The maximum absolute atomic E-state index is 13.0. The smallest absolute Gasteiger partial charge is 0.422 e. The van der Waals surface area contributed by atoms with Crippen molar-refractivity contribution in [1.82, 2.24) is 24.5 Å². The van der Waals surface area contributed by atoms with Crippen LogP contribution in [0.3, 0.4) is 0 Å². The van der Waals surface area contributed by atoms with E-state index in [1.165, 1.54) is 12.1 Å². The molecule has 0 radical (unpaired) electrons. The van der Waals surface area contributed by atoms with Crippen molar-refractivity contribution in [2.75, 3.05) is 17.2 Å². The Labute approximate surface area is 206 Å². The van der Waals surface area contributed by atoms with E-state index in [9.17, 15) is 26.3 Å². The third-order valence-corrected chi connectivity index (χ3v) is 4.92. The first-order chi connectivity index (χ1) is 17.5. The first-order valence-corrected chi connectivity index (χ1v) is 10.7. The molecule has 0 fully saturated rings. The minimum absolute atomic E-state index is 0.0286. The number of alkyl halides is 6. The lowest BCUT2D eigenvalue weighted by Crippen LogP contribution is -2.21. The molecule has 0 aliphatic rings. The van der Waals surface area contributed by atoms with E-state index in [0.29, 0.717) is 0 Å². The SMILES string of the molecule is Cc1nccn1-c1ccc(CNc2nc(Nc3cccc(C(F)(F)F)c3)nc(OCC(F)(F)F)n2)cc1. The van der Waals surface area contributed by atoms with Gasteiger partial charge < -0.3 is 19.9 Å². The normalized spacial score (nSPS) is 11.9. The minimum Gasteiger partial charge on any atom is -0.454 e. The van der Waals surface area contributed by atoms with E-state index in [-0.39, 0.29) is 24.1 Å². The Bertz CT molecular complexity index is 1350. The van der Waals surface area contributed by atoms with Crippen LogP contribution in [0.1, 0.15) is 17.0 Å². The van der Waals surface area contributed by atoms with E-state index in [4.69, 9.17) is 0 Å². The van der Waals surface area contributed by atoms with E-state index in [1.54, 1.807) is 6.20 Å². The van der Waals surface area contributed by atoms with Crippen LogP contribution in [0.5, 0.6) is 6.01 Å². The Balaban J connectivity index is 1.53. The van der Waals surface area contributed by atoms with Gasteiger partial charge >= 0.3 is 18.4 Å². The second kappa shape index (κ2) is 10.3. The number of imidazole rings is 1. The summed E-state index contributed by atoms with van der Waals surface area (Å²) in [5.74, 6) is 0.361. The molecule has 194 valence electrons. The van der Waals surface area contributed by atoms with Gasteiger partial charge in [-0.25, -0.2) is 4.98 Å². The van der Waals surface area contributed by atoms with Gasteiger partial charge in [-0.2, -0.15) is 41.3 Å². The van der Waals surface area contributed by atoms with Crippen LogP contribution in [-0.4, -0.2) is 37.3 Å². The molecule has 2 heterocycles. The van der Waals surface area contributed by atoms with Crippen LogP contribution < -0.4 is 15.4 Å². The van der Waals surface area contributed by atoms with Crippen molar-refractivity contribution in [1.29, 1.82) is 0 Å². The summed E-state index contributed by atoms with van der Waals surface area (Å²) in [6, 6.07) is 10.9. The topological polar surface area (TPSA) is 89.8 Å². The van der Waals surface area contributed by atoms with E-state index < -0.39 is 30.5 Å². The largest absolute Gasteiger partial charge is 0.454 e. The van der Waals surface area contributed by atoms with Gasteiger partial charge in [0, 0.05) is 30.3 Å². The van der Waals surface area contributed by atoms with Crippen molar-refractivity contribution >= 4 is 17.6 Å². The van der Waals surface area contributed by atoms with E-state index >= 15 is 0 Å². The number of ether oxygens (including phenoxy) is 1. The zero-order chi connectivity index (χ0) is 26.6. The average Bonchev–Trinajstić information content (AvgIpc) is 3.27. The number of rotatable bonds is 8. The number of aryl methyl sites for hydroxylation is 1. The molecule has 14 heteroatoms. The summed E-state index contributed by atoms with van der Waals surface area (Å²) >= 11 is 0. The lowest BCUT2D eigenvalue weighted by atomic mass is 10.2. The maximum atomic E-state index is 13.0. The van der Waals surface area contributed by atoms with Crippen molar-refractivity contribution < 1.29 is 31.1 Å². The molecular formula is C23H19F6N7O. The summed E-state index contributed by atoms with van der Waals surface area (Å²) in [6.07, 6.45) is -5.75. The quantitative estimate of drug-likeness (QED) is 0.287. The molecule has 0 aliphatic heterocycles. The predicted octanol–water partition coefficient (Wildman–Crippen LogP) is 5.68. The molecule has 2 N–H and O–H groups in total. The summed E-state index contributed by atoms with van der Waals surface area (Å²) in [4.78, 5) is 15.8. The lowest BCUT2D eigenvalue weighted by molar-refractivity contribution is -0.154. The maximum Gasteiger partial charge on any atom is 0.422 e. The number of benzene rings is 2. The fourth-order valence-corrected chi connectivity index (χ4v) is 3.21. The molecule has 4 rings (SSSR count). The second-order valence-electron chi connectivity index (χ2n) is 7.74. The Kier molecular flexibility index (Phi) is 7.18. The van der Waals surface area contributed by atoms with Crippen molar-refractivity contribution in [3.05, 3.63) is 77.9 Å². The molecule has 0 spiro atoms. The Hall–Kier alpha value is -4.36. The molecule has 2 aromatic heterocycles. The Morgan fingerprint density at radius 3 is 2.30 bits per heavy atom. The van der Waals surface area contributed by atoms with Crippen molar-refractivity contribution in [3.8, 4) is 11.7 Å². The van der Waals surface area contributed by atoms with Crippen LogP contribution in [0.15, 0.2) is 60.9 Å². The molecule has 0 saturated carbocycles. The van der Waals surface area contributed by atoms with Gasteiger partial charge in [-0.3, -0.25) is 0 Å². The summed E-state index contributed by atoms with van der Waals surface area (Å²) in [7, 11) is 0. The highest BCUT2D eigenvalue weighted by Crippen LogP contribution is 2.31. The van der Waals surface area contributed by atoms with Crippen LogP contribution in [-0.2, 0) is 12.7 Å². The molecule has 0 amide bonds. The van der Waals surface area contributed by atoms with E-state index in [0.717, 1.165) is 29.2 Å². The van der Waals surface area contributed by atoms with Crippen LogP contribution in [0, 0.1) is 6.92 Å². The van der Waals surface area contributed by atoms with Crippen LogP contribution in [0.4, 0.5) is 43.9 Å². The molecule has 0 unspecified atom stereocenters. The third-order valence-electron chi connectivity index (χ3n) is 4.92. The lowest BCUT2D eigenvalue weighted by Gasteiger charge is -2.13. The molecule has 0 saturated heterocycles. The van der Waals surface area contributed by atoms with Crippen LogP contribution in [0.2, 0.25) is 0 Å². The molecular weight excluding hydrogens is 504 g/mol. The zero-order valence-electron chi connectivity index (χ0n) is 19.1. The summed E-state index contributed by atoms with van der Waals surface area (Å²) < 4.78 is 83.5. The summed E-state index contributed by atoms with van der Waals surface area (Å²) in [5.41, 5.74) is 0.730. The predicted molar refractivity (Wildman–Crippen MR) is 122 cm³/mol. The van der Waals surface area contributed by atoms with Gasteiger partial charge in [-0.1, -0.05) is 18.2 Å². The van der Waals surface area contributed by atoms with Crippen LogP contribution >= 0.6 is 0 Å². The average molecular weight is 523 g/mol. The van der Waals surface area contributed by atoms with Gasteiger partial charge in [0.25, 0.3) is 0 Å². The van der Waals surface area contributed by atoms with Crippen molar-refractivity contribution in [3.63, 3.8) is 0 Å². The highest BCUT2D eigenvalue weighted by molar-refractivity contribution is 5.56. The molecule has 37 heavy (non-hydrogen) atoms. The summed E-state index contributed by atoms with van der Waals surface area (Å²) in [5, 5.41) is 5.41. The van der Waals surface area contributed by atoms with Gasteiger partial charge in [0.1, 0.15) is 5.82 Å². The first kappa shape index (κ1) is 25.7. The van der Waals surface area contributed by atoms with Crippen LogP contribution in [0.25, 0.3) is 5.69 Å². The molecule has 0 aliphatic carbocycles. The number of aromatic nitrogens is 5. The molecule has 0 atom stereocenters. The standard InChI is InChI=1S/C23H19F6N7O/c1-14-30-9-10-36(14)18-7-5-15(6-8-18)12-31-19-33-20(35-21(34-19)37-13-22(24,25)26)32-17-4-2-3-16(11-17)23(27,28)29/h2-11H,12-13H2,1H3,(H2,31,32,33,34,35). The van der Waals surface area contributed by atoms with Gasteiger partial charge in [0.05, 0.1) is 5.56 Å². The Morgan fingerprint density at radius 2 is 1.65 bits per heavy atom. The highest BCUT2D eigenvalue weighted by Gasteiger charge is 2.31. The van der Waals surface area contributed by atoms with E-state index in [1.807, 2.05) is 42.0 Å².